The number of hydrogen-bond acceptors (Lipinski definition) is 4. The van der Waals surface area contributed by atoms with Gasteiger partial charge in [-0.25, -0.2) is 14.4 Å². The maximum absolute atomic E-state index is 13.5. The van der Waals surface area contributed by atoms with Gasteiger partial charge in [0.25, 0.3) is 0 Å². The zero-order valence-corrected chi connectivity index (χ0v) is 16.0. The smallest absolute Gasteiger partial charge is 0.221 e. The number of anilines is 1. The van der Waals surface area contributed by atoms with Crippen LogP contribution in [0.25, 0.3) is 22.5 Å². The molecule has 4 rings (SSSR count). The second-order valence-electron chi connectivity index (χ2n) is 6.66. The molecule has 5 heteroatoms. The van der Waals surface area contributed by atoms with Gasteiger partial charge in [0, 0.05) is 23.1 Å². The first-order chi connectivity index (χ1) is 14.1. The van der Waals surface area contributed by atoms with Gasteiger partial charge < -0.3 is 10.5 Å². The van der Waals surface area contributed by atoms with Crippen LogP contribution >= 0.6 is 0 Å². The number of halogens is 1. The molecule has 0 atom stereocenters. The molecule has 0 unspecified atom stereocenters. The van der Waals surface area contributed by atoms with Crippen molar-refractivity contribution in [3.63, 3.8) is 0 Å². The third-order valence-corrected chi connectivity index (χ3v) is 4.73. The lowest BCUT2D eigenvalue weighted by Crippen LogP contribution is -2.06. The van der Waals surface area contributed by atoms with Crippen LogP contribution in [0, 0.1) is 5.82 Å². The molecule has 0 saturated carbocycles. The lowest BCUT2D eigenvalue weighted by molar-refractivity contribution is 0.415. The van der Waals surface area contributed by atoms with E-state index in [0.717, 1.165) is 33.7 Å². The first kappa shape index (κ1) is 18.6. The summed E-state index contributed by atoms with van der Waals surface area (Å²) >= 11 is 0. The fraction of sp³-hybridized carbons (Fsp3) is 0.0833. The van der Waals surface area contributed by atoms with E-state index in [9.17, 15) is 4.39 Å². The number of methoxy groups -OCH3 is 1. The summed E-state index contributed by atoms with van der Waals surface area (Å²) in [5.74, 6) is 0.641. The summed E-state index contributed by atoms with van der Waals surface area (Å²) in [7, 11) is 1.63. The van der Waals surface area contributed by atoms with Crippen LogP contribution in [0.3, 0.4) is 0 Å². The zero-order valence-electron chi connectivity index (χ0n) is 16.0. The lowest BCUT2D eigenvalue weighted by atomic mass is 9.95. The van der Waals surface area contributed by atoms with E-state index >= 15 is 0 Å². The predicted molar refractivity (Wildman–Crippen MR) is 113 cm³/mol. The van der Waals surface area contributed by atoms with E-state index < -0.39 is 0 Å². The Balaban J connectivity index is 1.91. The average Bonchev–Trinajstić information content (AvgIpc) is 2.76. The first-order valence-corrected chi connectivity index (χ1v) is 9.24. The van der Waals surface area contributed by atoms with Gasteiger partial charge in [0.1, 0.15) is 11.6 Å². The number of nitrogen functional groups attached to an aromatic ring is 1. The van der Waals surface area contributed by atoms with Gasteiger partial charge >= 0.3 is 0 Å². The molecule has 1 aromatic heterocycles. The monoisotopic (exact) mass is 385 g/mol. The lowest BCUT2D eigenvalue weighted by Gasteiger charge is -2.15. The second kappa shape index (κ2) is 8.10. The van der Waals surface area contributed by atoms with Crippen LogP contribution in [0.5, 0.6) is 5.75 Å². The van der Waals surface area contributed by atoms with Crippen molar-refractivity contribution in [1.82, 2.24) is 9.97 Å². The van der Waals surface area contributed by atoms with Gasteiger partial charge in [-0.1, -0.05) is 30.3 Å². The third kappa shape index (κ3) is 4.09. The number of rotatable bonds is 5. The molecule has 4 aromatic rings. The quantitative estimate of drug-likeness (QED) is 0.517. The highest BCUT2D eigenvalue weighted by atomic mass is 19.1. The van der Waals surface area contributed by atoms with E-state index in [0.29, 0.717) is 12.1 Å². The fourth-order valence-corrected chi connectivity index (χ4v) is 3.30. The molecule has 0 amide bonds. The molecule has 0 aliphatic heterocycles. The Labute approximate surface area is 168 Å². The average molecular weight is 385 g/mol. The minimum absolute atomic E-state index is 0.173. The highest BCUT2D eigenvalue weighted by Crippen LogP contribution is 2.33. The van der Waals surface area contributed by atoms with Crippen molar-refractivity contribution >= 4 is 5.95 Å². The van der Waals surface area contributed by atoms with Crippen molar-refractivity contribution < 1.29 is 9.13 Å². The van der Waals surface area contributed by atoms with Crippen LogP contribution in [0.1, 0.15) is 11.1 Å². The highest BCUT2D eigenvalue weighted by Gasteiger charge is 2.17. The van der Waals surface area contributed by atoms with Crippen LogP contribution in [-0.4, -0.2) is 17.1 Å². The third-order valence-electron chi connectivity index (χ3n) is 4.73. The molecule has 29 heavy (non-hydrogen) atoms. The van der Waals surface area contributed by atoms with Gasteiger partial charge in [-0.3, -0.25) is 0 Å². The molecular weight excluding hydrogens is 365 g/mol. The van der Waals surface area contributed by atoms with E-state index in [1.165, 1.54) is 12.1 Å². The van der Waals surface area contributed by atoms with E-state index in [1.54, 1.807) is 19.2 Å². The largest absolute Gasteiger partial charge is 0.497 e. The first-order valence-electron chi connectivity index (χ1n) is 9.24. The summed E-state index contributed by atoms with van der Waals surface area (Å²) in [4.78, 5) is 9.06. The SMILES string of the molecule is COc1ccc(-c2nc(N)nc(-c3ccc(F)cc3)c2Cc2ccccc2)cc1. The van der Waals surface area contributed by atoms with Crippen molar-refractivity contribution in [3.8, 4) is 28.3 Å². The van der Waals surface area contributed by atoms with Crippen molar-refractivity contribution in [2.24, 2.45) is 0 Å². The Hall–Kier alpha value is -3.73. The van der Waals surface area contributed by atoms with Crippen LogP contribution in [0.15, 0.2) is 78.9 Å². The molecule has 0 aliphatic carbocycles. The molecule has 0 radical (unpaired) electrons. The Kier molecular flexibility index (Phi) is 5.20. The number of ether oxygens (including phenoxy) is 1. The van der Waals surface area contributed by atoms with Gasteiger partial charge in [0.15, 0.2) is 0 Å². The number of nitrogens with two attached hydrogens (primary N) is 1. The molecule has 1 heterocycles. The Morgan fingerprint density at radius 3 is 1.90 bits per heavy atom. The van der Waals surface area contributed by atoms with Gasteiger partial charge in [0.05, 0.1) is 18.5 Å². The van der Waals surface area contributed by atoms with Crippen LogP contribution in [0.2, 0.25) is 0 Å². The topological polar surface area (TPSA) is 61.0 Å². The van der Waals surface area contributed by atoms with E-state index in [2.05, 4.69) is 22.1 Å². The minimum atomic E-state index is -0.296. The normalized spacial score (nSPS) is 10.7. The number of nitrogens with zero attached hydrogens (tertiary/aromatic N) is 2. The summed E-state index contributed by atoms with van der Waals surface area (Å²) in [6.07, 6.45) is 0.620. The van der Waals surface area contributed by atoms with Crippen LogP contribution < -0.4 is 10.5 Å². The predicted octanol–water partition coefficient (Wildman–Crippen LogP) is 5.13. The molecule has 0 saturated heterocycles. The van der Waals surface area contributed by atoms with E-state index in [-0.39, 0.29) is 11.8 Å². The van der Waals surface area contributed by atoms with Gasteiger partial charge in [-0.2, -0.15) is 0 Å². The standard InChI is InChI=1S/C24H20FN3O/c1-29-20-13-9-18(10-14-20)23-21(15-16-5-3-2-4-6-16)22(27-24(26)28-23)17-7-11-19(25)12-8-17/h2-14H,15H2,1H3,(H2,26,27,28). The van der Waals surface area contributed by atoms with Gasteiger partial charge in [-0.05, 0) is 54.1 Å². The molecule has 2 N–H and O–H groups in total. The maximum Gasteiger partial charge on any atom is 0.221 e. The zero-order chi connectivity index (χ0) is 20.2. The van der Waals surface area contributed by atoms with Crippen molar-refractivity contribution in [3.05, 3.63) is 95.8 Å². The summed E-state index contributed by atoms with van der Waals surface area (Å²) in [6.45, 7) is 0. The highest BCUT2D eigenvalue weighted by molar-refractivity contribution is 5.75. The van der Waals surface area contributed by atoms with Gasteiger partial charge in [0.2, 0.25) is 5.95 Å². The summed E-state index contributed by atoms with van der Waals surface area (Å²) in [5.41, 5.74) is 11.3. The molecule has 0 aliphatic rings. The Morgan fingerprint density at radius 1 is 0.793 bits per heavy atom. The van der Waals surface area contributed by atoms with Gasteiger partial charge in [-0.15, -0.1) is 0 Å². The minimum Gasteiger partial charge on any atom is -0.497 e. The maximum atomic E-state index is 13.5. The molecular formula is C24H20FN3O. The molecule has 3 aromatic carbocycles. The van der Waals surface area contributed by atoms with Crippen LogP contribution in [0.4, 0.5) is 10.3 Å². The van der Waals surface area contributed by atoms with Crippen LogP contribution in [-0.2, 0) is 6.42 Å². The van der Waals surface area contributed by atoms with E-state index in [4.69, 9.17) is 10.5 Å². The van der Waals surface area contributed by atoms with Crippen molar-refractivity contribution in [1.29, 1.82) is 0 Å². The number of aromatic nitrogens is 2. The molecule has 4 nitrogen and oxygen atoms in total. The second-order valence-corrected chi connectivity index (χ2v) is 6.66. The fourth-order valence-electron chi connectivity index (χ4n) is 3.30. The van der Waals surface area contributed by atoms with E-state index in [1.807, 2.05) is 42.5 Å². The number of benzene rings is 3. The summed E-state index contributed by atoms with van der Waals surface area (Å²) in [5, 5.41) is 0. The molecule has 0 bridgehead atoms. The molecule has 0 spiro atoms. The summed E-state index contributed by atoms with van der Waals surface area (Å²) in [6, 6.07) is 24.0. The molecule has 0 fully saturated rings. The Bertz CT molecular complexity index is 1110. The van der Waals surface area contributed by atoms with Crippen molar-refractivity contribution in [2.45, 2.75) is 6.42 Å². The van der Waals surface area contributed by atoms with Crippen molar-refractivity contribution in [2.75, 3.05) is 12.8 Å². The number of hydrogen-bond donors (Lipinski definition) is 1. The summed E-state index contributed by atoms with van der Waals surface area (Å²) < 4.78 is 18.7. The Morgan fingerprint density at radius 2 is 1.34 bits per heavy atom. The molecule has 144 valence electrons.